The van der Waals surface area contributed by atoms with Crippen molar-refractivity contribution >= 4 is 23.6 Å². The molecular weight excluding hydrogens is 272 g/mol. The monoisotopic (exact) mass is 300 g/mol. The van der Waals surface area contributed by atoms with E-state index in [1.807, 2.05) is 27.0 Å². The Balaban J connectivity index is 3.01. The van der Waals surface area contributed by atoms with Gasteiger partial charge >= 0.3 is 0 Å². The highest BCUT2D eigenvalue weighted by atomic mass is 32.2. The van der Waals surface area contributed by atoms with Crippen LogP contribution >= 0.6 is 11.8 Å². The number of hydrogen-bond donors (Lipinski definition) is 1. The third-order valence-corrected chi connectivity index (χ3v) is 5.05. The van der Waals surface area contributed by atoms with Gasteiger partial charge in [-0.25, -0.2) is 0 Å². The van der Waals surface area contributed by atoms with E-state index < -0.39 is 0 Å². The molecule has 4 nitrogen and oxygen atoms in total. The molecule has 1 saturated heterocycles. The number of piperazine rings is 1. The molecule has 2 amide bonds. The van der Waals surface area contributed by atoms with Gasteiger partial charge in [-0.2, -0.15) is 11.8 Å². The van der Waals surface area contributed by atoms with E-state index in [0.717, 1.165) is 6.42 Å². The standard InChI is InChI=1S/C15H28N2O2S/c1-7-8-11-14(19)17(9-15(4,5)20-6)12(10(2)3)13(18)16-11/h10-12H,7-9H2,1-6H3,(H,16,18). The minimum atomic E-state index is -0.347. The van der Waals surface area contributed by atoms with E-state index >= 15 is 0 Å². The average Bonchev–Trinajstić information content (AvgIpc) is 2.34. The van der Waals surface area contributed by atoms with Gasteiger partial charge in [0.1, 0.15) is 12.1 Å². The number of nitrogens with zero attached hydrogens (tertiary/aromatic N) is 1. The van der Waals surface area contributed by atoms with Crippen LogP contribution in [-0.2, 0) is 9.59 Å². The maximum atomic E-state index is 12.7. The first-order valence-corrected chi connectivity index (χ1v) is 8.62. The van der Waals surface area contributed by atoms with E-state index in [0.29, 0.717) is 13.0 Å². The summed E-state index contributed by atoms with van der Waals surface area (Å²) >= 11 is 1.73. The maximum Gasteiger partial charge on any atom is 0.245 e. The van der Waals surface area contributed by atoms with E-state index in [1.54, 1.807) is 16.7 Å². The molecule has 1 aliphatic rings. The van der Waals surface area contributed by atoms with Gasteiger partial charge in [0.05, 0.1) is 0 Å². The van der Waals surface area contributed by atoms with Gasteiger partial charge < -0.3 is 10.2 Å². The number of nitrogens with one attached hydrogen (secondary N) is 1. The lowest BCUT2D eigenvalue weighted by molar-refractivity contribution is -0.151. The first-order chi connectivity index (χ1) is 9.23. The van der Waals surface area contributed by atoms with Gasteiger partial charge in [0.25, 0.3) is 0 Å². The first kappa shape index (κ1) is 17.3. The largest absolute Gasteiger partial charge is 0.342 e. The molecule has 1 aliphatic heterocycles. The molecule has 5 heteroatoms. The smallest absolute Gasteiger partial charge is 0.245 e. The SMILES string of the molecule is CCCC1NC(=O)C(C(C)C)N(CC(C)(C)SC)C1=O. The summed E-state index contributed by atoms with van der Waals surface area (Å²) in [5.74, 6) is 0.196. The van der Waals surface area contributed by atoms with Crippen LogP contribution in [0.25, 0.3) is 0 Å². The zero-order valence-electron chi connectivity index (χ0n) is 13.5. The van der Waals surface area contributed by atoms with Gasteiger partial charge in [-0.15, -0.1) is 0 Å². The van der Waals surface area contributed by atoms with Crippen LogP contribution in [0.2, 0.25) is 0 Å². The summed E-state index contributed by atoms with van der Waals surface area (Å²) in [7, 11) is 0. The van der Waals surface area contributed by atoms with E-state index in [4.69, 9.17) is 0 Å². The Kier molecular flexibility index (Phi) is 5.92. The highest BCUT2D eigenvalue weighted by Gasteiger charge is 2.43. The maximum absolute atomic E-state index is 12.7. The van der Waals surface area contributed by atoms with Gasteiger partial charge in [-0.3, -0.25) is 9.59 Å². The first-order valence-electron chi connectivity index (χ1n) is 7.39. The number of carbonyl (C=O) groups is 2. The third kappa shape index (κ3) is 3.90. The van der Waals surface area contributed by atoms with Crippen LogP contribution in [0.15, 0.2) is 0 Å². The summed E-state index contributed by atoms with van der Waals surface area (Å²) in [5, 5.41) is 2.90. The van der Waals surface area contributed by atoms with Crippen LogP contribution in [0, 0.1) is 5.92 Å². The topological polar surface area (TPSA) is 49.4 Å². The normalized spacial score (nSPS) is 24.2. The molecule has 0 aliphatic carbocycles. The van der Waals surface area contributed by atoms with Gasteiger partial charge in [-0.05, 0) is 32.4 Å². The Morgan fingerprint density at radius 2 is 1.95 bits per heavy atom. The molecule has 1 N–H and O–H groups in total. The van der Waals surface area contributed by atoms with Crippen molar-refractivity contribution in [3.63, 3.8) is 0 Å². The molecular formula is C15H28N2O2S. The number of amides is 2. The second-order valence-electron chi connectivity index (χ2n) is 6.47. The van der Waals surface area contributed by atoms with Crippen molar-refractivity contribution in [2.75, 3.05) is 12.8 Å². The lowest BCUT2D eigenvalue weighted by atomic mass is 9.94. The highest BCUT2D eigenvalue weighted by molar-refractivity contribution is 7.99. The molecule has 1 rings (SSSR count). The molecule has 2 unspecified atom stereocenters. The van der Waals surface area contributed by atoms with Gasteiger partial charge in [0.2, 0.25) is 11.8 Å². The number of carbonyl (C=O) groups excluding carboxylic acids is 2. The molecule has 0 aromatic heterocycles. The average molecular weight is 300 g/mol. The second kappa shape index (κ2) is 6.83. The summed E-state index contributed by atoms with van der Waals surface area (Å²) in [6.07, 6.45) is 3.65. The van der Waals surface area contributed by atoms with Crippen molar-refractivity contribution in [3.05, 3.63) is 0 Å². The summed E-state index contributed by atoms with van der Waals surface area (Å²) in [5.41, 5.74) is 0. The molecule has 20 heavy (non-hydrogen) atoms. The highest BCUT2D eigenvalue weighted by Crippen LogP contribution is 2.27. The molecule has 0 aromatic rings. The minimum absolute atomic E-state index is 0.00467. The van der Waals surface area contributed by atoms with E-state index in [2.05, 4.69) is 19.2 Å². The quantitative estimate of drug-likeness (QED) is 0.819. The molecule has 0 aromatic carbocycles. The predicted octanol–water partition coefficient (Wildman–Crippen LogP) is 2.28. The zero-order valence-corrected chi connectivity index (χ0v) is 14.3. The van der Waals surface area contributed by atoms with Crippen LogP contribution < -0.4 is 5.32 Å². The molecule has 0 spiro atoms. The number of rotatable bonds is 6. The Labute approximate surface area is 127 Å². The van der Waals surface area contributed by atoms with E-state index in [1.165, 1.54) is 0 Å². The molecule has 1 heterocycles. The van der Waals surface area contributed by atoms with Crippen molar-refractivity contribution in [3.8, 4) is 0 Å². The van der Waals surface area contributed by atoms with Crippen LogP contribution in [0.5, 0.6) is 0 Å². The third-order valence-electron chi connectivity index (χ3n) is 3.81. The molecule has 0 saturated carbocycles. The fraction of sp³-hybridized carbons (Fsp3) is 0.867. The van der Waals surface area contributed by atoms with Crippen LogP contribution in [0.3, 0.4) is 0 Å². The van der Waals surface area contributed by atoms with Crippen molar-refractivity contribution in [2.24, 2.45) is 5.92 Å². The Hall–Kier alpha value is -0.710. The number of thioether (sulfide) groups is 1. The fourth-order valence-corrected chi connectivity index (χ4v) is 2.86. The minimum Gasteiger partial charge on any atom is -0.342 e. The summed E-state index contributed by atoms with van der Waals surface area (Å²) in [4.78, 5) is 26.8. The predicted molar refractivity (Wildman–Crippen MR) is 84.8 cm³/mol. The van der Waals surface area contributed by atoms with Crippen molar-refractivity contribution in [2.45, 2.75) is 64.3 Å². The van der Waals surface area contributed by atoms with Crippen molar-refractivity contribution in [1.29, 1.82) is 0 Å². The summed E-state index contributed by atoms with van der Waals surface area (Å²) in [6.45, 7) is 10.9. The lowest BCUT2D eigenvalue weighted by Crippen LogP contribution is -2.66. The zero-order chi connectivity index (χ0) is 15.5. The summed E-state index contributed by atoms with van der Waals surface area (Å²) in [6, 6.07) is -0.692. The lowest BCUT2D eigenvalue weighted by Gasteiger charge is -2.43. The van der Waals surface area contributed by atoms with Gasteiger partial charge in [-0.1, -0.05) is 27.2 Å². The Bertz CT molecular complexity index is 369. The fourth-order valence-electron chi connectivity index (χ4n) is 2.60. The second-order valence-corrected chi connectivity index (χ2v) is 7.98. The molecule has 1 fully saturated rings. The van der Waals surface area contributed by atoms with Crippen LogP contribution in [-0.4, -0.2) is 46.3 Å². The Morgan fingerprint density at radius 1 is 1.35 bits per heavy atom. The van der Waals surface area contributed by atoms with Crippen LogP contribution in [0.1, 0.15) is 47.5 Å². The van der Waals surface area contributed by atoms with E-state index in [-0.39, 0.29) is 34.6 Å². The molecule has 0 radical (unpaired) electrons. The van der Waals surface area contributed by atoms with E-state index in [9.17, 15) is 9.59 Å². The summed E-state index contributed by atoms with van der Waals surface area (Å²) < 4.78 is -0.0445. The molecule has 2 atom stereocenters. The molecule has 0 bridgehead atoms. The van der Waals surface area contributed by atoms with Crippen LogP contribution in [0.4, 0.5) is 0 Å². The number of hydrogen-bond acceptors (Lipinski definition) is 3. The molecule has 116 valence electrons. The van der Waals surface area contributed by atoms with Gasteiger partial charge in [0.15, 0.2) is 0 Å². The van der Waals surface area contributed by atoms with Crippen molar-refractivity contribution in [1.82, 2.24) is 10.2 Å². The van der Waals surface area contributed by atoms with Gasteiger partial charge in [0, 0.05) is 11.3 Å². The Morgan fingerprint density at radius 3 is 2.40 bits per heavy atom. The van der Waals surface area contributed by atoms with Crippen molar-refractivity contribution < 1.29 is 9.59 Å².